The van der Waals surface area contributed by atoms with E-state index in [9.17, 15) is 18.0 Å². The summed E-state index contributed by atoms with van der Waals surface area (Å²) in [6, 6.07) is 21.7. The second-order valence-electron chi connectivity index (χ2n) is 8.35. The number of carbonyl (C=O) groups is 2. The number of carbonyl (C=O) groups excluding carboxylic acids is 2. The standard InChI is InChI=1S/C27H20ClN5O4S2.Na.H/c28-20-6-12-23(13-7-20)39(36,37)32-25(34)17-19-2-8-21(9-3-19)30-27-31-26(35)24(38-27)16-18-4-10-22(11-5-18)33-15-1-14-29-33;;/h1-16H,17H2,(H,32,34)(H,30,31,35);;/q;+1;-1. The molecule has 13 heteroatoms. The number of benzene rings is 3. The zero-order valence-electron chi connectivity index (χ0n) is 22.1. The Balaban J connectivity index is 0.00000231. The van der Waals surface area contributed by atoms with E-state index in [0.29, 0.717) is 26.3 Å². The molecule has 1 aromatic heterocycles. The number of thioether (sulfide) groups is 1. The largest absolute Gasteiger partial charge is 1.00 e. The van der Waals surface area contributed by atoms with Crippen molar-refractivity contribution in [2.45, 2.75) is 11.3 Å². The van der Waals surface area contributed by atoms with Gasteiger partial charge in [0.15, 0.2) is 5.17 Å². The van der Waals surface area contributed by atoms with Gasteiger partial charge in [0.25, 0.3) is 15.9 Å². The fourth-order valence-corrected chi connectivity index (χ4v) is 5.58. The van der Waals surface area contributed by atoms with E-state index in [1.54, 1.807) is 41.2 Å². The number of aromatic nitrogens is 2. The molecule has 1 aliphatic heterocycles. The first-order valence-electron chi connectivity index (χ1n) is 11.5. The Morgan fingerprint density at radius 1 is 1.07 bits per heavy atom. The fourth-order valence-electron chi connectivity index (χ4n) is 3.63. The smallest absolute Gasteiger partial charge is 1.00 e. The van der Waals surface area contributed by atoms with Crippen LogP contribution in [-0.4, -0.2) is 35.2 Å². The molecule has 198 valence electrons. The minimum Gasteiger partial charge on any atom is -1.00 e. The molecule has 0 saturated carbocycles. The normalized spacial score (nSPS) is 15.1. The molecule has 0 bridgehead atoms. The van der Waals surface area contributed by atoms with Crippen LogP contribution in [0.1, 0.15) is 12.6 Å². The number of halogens is 1. The van der Waals surface area contributed by atoms with Gasteiger partial charge in [-0.1, -0.05) is 35.9 Å². The zero-order valence-corrected chi connectivity index (χ0v) is 25.5. The van der Waals surface area contributed by atoms with Crippen molar-refractivity contribution in [2.24, 2.45) is 4.99 Å². The van der Waals surface area contributed by atoms with Crippen molar-refractivity contribution in [3.05, 3.63) is 112 Å². The first-order valence-corrected chi connectivity index (χ1v) is 14.2. The number of hydrogen-bond donors (Lipinski definition) is 2. The molecular weight excluding hydrogens is 581 g/mol. The van der Waals surface area contributed by atoms with Crippen molar-refractivity contribution in [1.29, 1.82) is 0 Å². The van der Waals surface area contributed by atoms with Gasteiger partial charge in [-0.05, 0) is 83.6 Å². The van der Waals surface area contributed by atoms with Gasteiger partial charge in [0.2, 0.25) is 5.91 Å². The maximum absolute atomic E-state index is 12.4. The predicted molar refractivity (Wildman–Crippen MR) is 152 cm³/mol. The molecule has 0 aliphatic carbocycles. The number of sulfonamides is 1. The molecule has 3 aromatic carbocycles. The summed E-state index contributed by atoms with van der Waals surface area (Å²) >= 11 is 7.01. The van der Waals surface area contributed by atoms with E-state index < -0.39 is 15.9 Å². The van der Waals surface area contributed by atoms with Crippen LogP contribution in [-0.2, 0) is 26.0 Å². The number of rotatable bonds is 7. The Kier molecular flexibility index (Phi) is 9.67. The van der Waals surface area contributed by atoms with Crippen molar-refractivity contribution in [3.63, 3.8) is 0 Å². The van der Waals surface area contributed by atoms with Gasteiger partial charge >= 0.3 is 29.6 Å². The quantitative estimate of drug-likeness (QED) is 0.245. The Hall–Kier alpha value is -3.19. The summed E-state index contributed by atoms with van der Waals surface area (Å²) in [6.07, 6.45) is 5.21. The summed E-state index contributed by atoms with van der Waals surface area (Å²) in [5, 5.41) is 7.77. The molecule has 0 radical (unpaired) electrons. The average molecular weight is 602 g/mol. The summed E-state index contributed by atoms with van der Waals surface area (Å²) < 4.78 is 28.6. The Morgan fingerprint density at radius 3 is 2.42 bits per heavy atom. The van der Waals surface area contributed by atoms with Crippen molar-refractivity contribution >= 4 is 62.1 Å². The Bertz CT molecular complexity index is 1700. The van der Waals surface area contributed by atoms with E-state index in [0.717, 1.165) is 11.3 Å². The molecule has 4 aromatic rings. The van der Waals surface area contributed by atoms with Crippen LogP contribution in [0.15, 0.2) is 106 Å². The van der Waals surface area contributed by atoms with E-state index in [4.69, 9.17) is 11.6 Å². The molecular formula is C27H21ClN5NaO4S2. The van der Waals surface area contributed by atoms with Crippen LogP contribution < -0.4 is 39.6 Å². The minimum atomic E-state index is -4.00. The van der Waals surface area contributed by atoms with Gasteiger partial charge in [-0.25, -0.2) is 22.8 Å². The second-order valence-corrected chi connectivity index (χ2v) is 11.5. The second kappa shape index (κ2) is 13.0. The molecule has 1 fully saturated rings. The fraction of sp³-hybridized carbons (Fsp3) is 0.0370. The van der Waals surface area contributed by atoms with Gasteiger partial charge in [0, 0.05) is 17.4 Å². The predicted octanol–water partition coefficient (Wildman–Crippen LogP) is 1.58. The first kappa shape index (κ1) is 29.8. The number of amides is 2. The molecule has 5 rings (SSSR count). The van der Waals surface area contributed by atoms with E-state index in [1.807, 2.05) is 36.5 Å². The maximum Gasteiger partial charge on any atom is 1.00 e. The summed E-state index contributed by atoms with van der Waals surface area (Å²) in [4.78, 5) is 29.7. The summed E-state index contributed by atoms with van der Waals surface area (Å²) in [5.41, 5.74) is 2.95. The van der Waals surface area contributed by atoms with Gasteiger partial charge in [0.05, 0.1) is 27.6 Å². The van der Waals surface area contributed by atoms with Gasteiger partial charge in [-0.15, -0.1) is 0 Å². The molecule has 1 aliphatic rings. The summed E-state index contributed by atoms with van der Waals surface area (Å²) in [5.74, 6) is -0.917. The number of nitrogens with zero attached hydrogens (tertiary/aromatic N) is 3. The van der Waals surface area contributed by atoms with E-state index in [-0.39, 0.29) is 48.2 Å². The van der Waals surface area contributed by atoms with Crippen LogP contribution in [0, 0.1) is 0 Å². The third-order valence-corrected chi connectivity index (χ3v) is 8.07. The first-order chi connectivity index (χ1) is 18.7. The van der Waals surface area contributed by atoms with Gasteiger partial charge in [0.1, 0.15) is 0 Å². The van der Waals surface area contributed by atoms with Crippen LogP contribution >= 0.6 is 23.4 Å². The Morgan fingerprint density at radius 2 is 1.77 bits per heavy atom. The number of nitrogens with one attached hydrogen (secondary N) is 2. The van der Waals surface area contributed by atoms with E-state index >= 15 is 0 Å². The van der Waals surface area contributed by atoms with Crippen LogP contribution in [0.5, 0.6) is 0 Å². The molecule has 0 spiro atoms. The molecule has 0 atom stereocenters. The van der Waals surface area contributed by atoms with Crippen LogP contribution in [0.2, 0.25) is 5.02 Å². The average Bonchev–Trinajstić information content (AvgIpc) is 3.56. The van der Waals surface area contributed by atoms with Crippen LogP contribution in [0.25, 0.3) is 11.8 Å². The van der Waals surface area contributed by atoms with Crippen molar-refractivity contribution < 1.29 is 49.0 Å². The number of aliphatic imine (C=N–C) groups is 1. The van der Waals surface area contributed by atoms with Crippen molar-refractivity contribution in [3.8, 4) is 5.69 Å². The zero-order chi connectivity index (χ0) is 27.4. The van der Waals surface area contributed by atoms with Gasteiger partial charge in [-0.3, -0.25) is 9.59 Å². The topological polar surface area (TPSA) is 123 Å². The molecule has 2 heterocycles. The van der Waals surface area contributed by atoms with Crippen molar-refractivity contribution in [2.75, 3.05) is 0 Å². The van der Waals surface area contributed by atoms with Crippen LogP contribution in [0.3, 0.4) is 0 Å². The minimum absolute atomic E-state index is 0. The Labute approximate surface area is 263 Å². The van der Waals surface area contributed by atoms with E-state index in [2.05, 4.69) is 20.1 Å². The number of hydrogen-bond acceptors (Lipinski definition) is 7. The molecule has 0 unspecified atom stereocenters. The summed E-state index contributed by atoms with van der Waals surface area (Å²) in [7, 11) is -4.00. The van der Waals surface area contributed by atoms with E-state index in [1.165, 1.54) is 36.0 Å². The SMILES string of the molecule is O=C(Cc1ccc(N=C2NC(=O)C(=Cc3ccc(-n4cccn4)cc3)S2)cc1)NS(=O)(=O)c1ccc(Cl)cc1.[H-].[Na+]. The van der Waals surface area contributed by atoms with Crippen LogP contribution in [0.4, 0.5) is 5.69 Å². The maximum atomic E-state index is 12.4. The number of amidine groups is 1. The van der Waals surface area contributed by atoms with Gasteiger partial charge in [-0.2, -0.15) is 5.10 Å². The monoisotopic (exact) mass is 601 g/mol. The molecule has 9 nitrogen and oxygen atoms in total. The molecule has 2 amide bonds. The third-order valence-electron chi connectivity index (χ3n) is 5.51. The molecule has 40 heavy (non-hydrogen) atoms. The summed E-state index contributed by atoms with van der Waals surface area (Å²) in [6.45, 7) is 0. The molecule has 2 N–H and O–H groups in total. The molecule has 1 saturated heterocycles. The third kappa shape index (κ3) is 7.51. The van der Waals surface area contributed by atoms with Gasteiger partial charge < -0.3 is 6.74 Å². The van der Waals surface area contributed by atoms with Crippen molar-refractivity contribution in [1.82, 2.24) is 19.8 Å².